The lowest BCUT2D eigenvalue weighted by Crippen LogP contribution is -2.13. The van der Waals surface area contributed by atoms with Crippen LogP contribution in [0.1, 0.15) is 42.4 Å². The van der Waals surface area contributed by atoms with Crippen LogP contribution in [0.25, 0.3) is 16.6 Å². The third-order valence-electron chi connectivity index (χ3n) is 4.49. The lowest BCUT2D eigenvalue weighted by Gasteiger charge is -2.23. The first-order chi connectivity index (χ1) is 11.4. The second-order valence-corrected chi connectivity index (χ2v) is 7.17. The monoisotopic (exact) mass is 321 g/mol. The molecule has 0 unspecified atom stereocenters. The van der Waals surface area contributed by atoms with Gasteiger partial charge in [-0.25, -0.2) is 0 Å². The molecule has 124 valence electrons. The zero-order valence-corrected chi connectivity index (χ0v) is 14.9. The fraction of sp³-hybridized carbons (Fsp3) is 0.286. The molecule has 2 aromatic heterocycles. The van der Waals surface area contributed by atoms with Crippen molar-refractivity contribution >= 4 is 11.8 Å². The summed E-state index contributed by atoms with van der Waals surface area (Å²) >= 11 is 0. The molecule has 1 aromatic carbocycles. The van der Waals surface area contributed by atoms with Gasteiger partial charge in [0.1, 0.15) is 5.75 Å². The Bertz CT molecular complexity index is 913. The standard InChI is InChI=1S/C21H23NO2/c1-14-7-6-10-22-18(14)12-16(19(22)13-23)15-8-9-20(24-5)17(11-15)21(2,3)4/h6-13H,1-5H3. The largest absolute Gasteiger partial charge is 0.496 e. The number of hydrogen-bond acceptors (Lipinski definition) is 2. The third-order valence-corrected chi connectivity index (χ3v) is 4.49. The summed E-state index contributed by atoms with van der Waals surface area (Å²) < 4.78 is 7.48. The Morgan fingerprint density at radius 2 is 1.88 bits per heavy atom. The SMILES string of the molecule is COc1ccc(-c2cc3c(C)cccn3c2C=O)cc1C(C)(C)C. The highest BCUT2D eigenvalue weighted by atomic mass is 16.5. The summed E-state index contributed by atoms with van der Waals surface area (Å²) in [6, 6.07) is 12.3. The highest BCUT2D eigenvalue weighted by molar-refractivity contribution is 5.90. The predicted octanol–water partition coefficient (Wildman–Crippen LogP) is 5.03. The van der Waals surface area contributed by atoms with Crippen molar-refractivity contribution in [3.8, 4) is 16.9 Å². The first kappa shape index (κ1) is 16.3. The number of benzene rings is 1. The predicted molar refractivity (Wildman–Crippen MR) is 98.2 cm³/mol. The van der Waals surface area contributed by atoms with E-state index in [-0.39, 0.29) is 5.41 Å². The first-order valence-corrected chi connectivity index (χ1v) is 8.11. The van der Waals surface area contributed by atoms with E-state index in [1.165, 1.54) is 0 Å². The third kappa shape index (κ3) is 2.60. The van der Waals surface area contributed by atoms with Crippen LogP contribution in [-0.2, 0) is 5.41 Å². The second kappa shape index (κ2) is 5.82. The van der Waals surface area contributed by atoms with Crippen LogP contribution >= 0.6 is 0 Å². The molecule has 3 rings (SSSR count). The van der Waals surface area contributed by atoms with E-state index in [0.717, 1.165) is 39.8 Å². The molecule has 24 heavy (non-hydrogen) atoms. The molecular formula is C21H23NO2. The number of pyridine rings is 1. The summed E-state index contributed by atoms with van der Waals surface area (Å²) in [5.74, 6) is 0.874. The summed E-state index contributed by atoms with van der Waals surface area (Å²) in [5.41, 5.74) is 5.96. The zero-order chi connectivity index (χ0) is 17.5. The Kier molecular flexibility index (Phi) is 3.96. The van der Waals surface area contributed by atoms with Crippen molar-refractivity contribution < 1.29 is 9.53 Å². The molecule has 0 amide bonds. The van der Waals surface area contributed by atoms with E-state index >= 15 is 0 Å². The van der Waals surface area contributed by atoms with Crippen molar-refractivity contribution in [1.82, 2.24) is 4.40 Å². The number of methoxy groups -OCH3 is 1. The lowest BCUT2D eigenvalue weighted by molar-refractivity contribution is 0.111. The van der Waals surface area contributed by atoms with Gasteiger partial charge in [-0.1, -0.05) is 32.9 Å². The van der Waals surface area contributed by atoms with Gasteiger partial charge in [0.2, 0.25) is 0 Å². The molecule has 0 aliphatic rings. The quantitative estimate of drug-likeness (QED) is 0.633. The minimum Gasteiger partial charge on any atom is -0.496 e. The molecule has 0 radical (unpaired) electrons. The minimum absolute atomic E-state index is 0.0439. The summed E-state index contributed by atoms with van der Waals surface area (Å²) in [6.07, 6.45) is 2.87. The Balaban J connectivity index is 2.28. The number of carbonyl (C=O) groups excluding carboxylic acids is 1. The number of fused-ring (bicyclic) bond motifs is 1. The topological polar surface area (TPSA) is 30.7 Å². The van der Waals surface area contributed by atoms with E-state index in [2.05, 4.69) is 45.9 Å². The van der Waals surface area contributed by atoms with Crippen molar-refractivity contribution in [3.05, 3.63) is 59.4 Å². The molecule has 3 aromatic rings. The number of rotatable bonds is 3. The van der Waals surface area contributed by atoms with Gasteiger partial charge in [0.05, 0.1) is 12.8 Å². The Morgan fingerprint density at radius 1 is 1.12 bits per heavy atom. The van der Waals surface area contributed by atoms with Crippen LogP contribution in [0.4, 0.5) is 0 Å². The second-order valence-electron chi connectivity index (χ2n) is 7.17. The van der Waals surface area contributed by atoms with Gasteiger partial charge in [0, 0.05) is 22.8 Å². The van der Waals surface area contributed by atoms with Crippen LogP contribution in [0.5, 0.6) is 5.75 Å². The molecule has 0 spiro atoms. The molecule has 0 aliphatic carbocycles. The molecule has 0 bridgehead atoms. The van der Waals surface area contributed by atoms with Crippen LogP contribution < -0.4 is 4.74 Å². The normalized spacial score (nSPS) is 11.7. The fourth-order valence-electron chi connectivity index (χ4n) is 3.18. The molecule has 0 atom stereocenters. The Hall–Kier alpha value is -2.55. The number of nitrogens with zero attached hydrogens (tertiary/aromatic N) is 1. The Morgan fingerprint density at radius 3 is 2.50 bits per heavy atom. The van der Waals surface area contributed by atoms with Crippen molar-refractivity contribution in [2.45, 2.75) is 33.1 Å². The molecule has 0 saturated heterocycles. The molecule has 3 heteroatoms. The summed E-state index contributed by atoms with van der Waals surface area (Å²) in [5, 5.41) is 0. The van der Waals surface area contributed by atoms with E-state index in [1.807, 2.05) is 28.8 Å². The number of hydrogen-bond donors (Lipinski definition) is 0. The van der Waals surface area contributed by atoms with Crippen molar-refractivity contribution in [1.29, 1.82) is 0 Å². The van der Waals surface area contributed by atoms with Crippen LogP contribution in [0, 0.1) is 6.92 Å². The van der Waals surface area contributed by atoms with Crippen LogP contribution in [0.2, 0.25) is 0 Å². The molecular weight excluding hydrogens is 298 g/mol. The van der Waals surface area contributed by atoms with Gasteiger partial charge in [-0.05, 0) is 47.7 Å². The highest BCUT2D eigenvalue weighted by Crippen LogP contribution is 2.36. The average Bonchev–Trinajstić information content (AvgIpc) is 2.93. The average molecular weight is 321 g/mol. The summed E-state index contributed by atoms with van der Waals surface area (Å²) in [6.45, 7) is 8.54. The first-order valence-electron chi connectivity index (χ1n) is 8.11. The Labute approximate surface area is 142 Å². The molecule has 3 nitrogen and oxygen atoms in total. The van der Waals surface area contributed by atoms with Gasteiger partial charge in [-0.3, -0.25) is 4.79 Å². The summed E-state index contributed by atoms with van der Waals surface area (Å²) in [4.78, 5) is 11.7. The molecule has 2 heterocycles. The van der Waals surface area contributed by atoms with E-state index in [1.54, 1.807) is 7.11 Å². The van der Waals surface area contributed by atoms with Crippen molar-refractivity contribution in [2.75, 3.05) is 7.11 Å². The number of aldehydes is 1. The van der Waals surface area contributed by atoms with E-state index in [9.17, 15) is 4.79 Å². The maximum Gasteiger partial charge on any atom is 0.167 e. The maximum absolute atomic E-state index is 11.7. The van der Waals surface area contributed by atoms with Gasteiger partial charge >= 0.3 is 0 Å². The van der Waals surface area contributed by atoms with E-state index in [0.29, 0.717) is 5.69 Å². The highest BCUT2D eigenvalue weighted by Gasteiger charge is 2.21. The smallest absolute Gasteiger partial charge is 0.167 e. The number of carbonyl (C=O) groups is 1. The number of aryl methyl sites for hydroxylation is 1. The van der Waals surface area contributed by atoms with Gasteiger partial charge in [-0.15, -0.1) is 0 Å². The van der Waals surface area contributed by atoms with Crippen LogP contribution in [-0.4, -0.2) is 17.8 Å². The molecule has 0 N–H and O–H groups in total. The van der Waals surface area contributed by atoms with Crippen LogP contribution in [0.3, 0.4) is 0 Å². The minimum atomic E-state index is -0.0439. The van der Waals surface area contributed by atoms with E-state index < -0.39 is 0 Å². The molecule has 0 fully saturated rings. The zero-order valence-electron chi connectivity index (χ0n) is 14.9. The lowest BCUT2D eigenvalue weighted by atomic mass is 9.84. The van der Waals surface area contributed by atoms with E-state index in [4.69, 9.17) is 4.74 Å². The van der Waals surface area contributed by atoms with Crippen molar-refractivity contribution in [3.63, 3.8) is 0 Å². The number of ether oxygens (including phenoxy) is 1. The van der Waals surface area contributed by atoms with Gasteiger partial charge in [0.15, 0.2) is 6.29 Å². The molecule has 0 saturated carbocycles. The maximum atomic E-state index is 11.7. The fourth-order valence-corrected chi connectivity index (χ4v) is 3.18. The molecule has 0 aliphatic heterocycles. The summed E-state index contributed by atoms with van der Waals surface area (Å²) in [7, 11) is 1.69. The van der Waals surface area contributed by atoms with Gasteiger partial charge in [0.25, 0.3) is 0 Å². The van der Waals surface area contributed by atoms with Crippen molar-refractivity contribution in [2.24, 2.45) is 0 Å². The van der Waals surface area contributed by atoms with Gasteiger partial charge in [-0.2, -0.15) is 0 Å². The number of aromatic nitrogens is 1. The van der Waals surface area contributed by atoms with Crippen LogP contribution in [0.15, 0.2) is 42.6 Å². The van der Waals surface area contributed by atoms with Gasteiger partial charge < -0.3 is 9.14 Å².